The minimum atomic E-state index is -0.110. The lowest BCUT2D eigenvalue weighted by molar-refractivity contribution is 0.660. The van der Waals surface area contributed by atoms with E-state index in [9.17, 15) is 0 Å². The second-order valence-electron chi connectivity index (χ2n) is 16.0. The Kier molecular flexibility index (Phi) is 7.18. The van der Waals surface area contributed by atoms with Crippen molar-refractivity contribution >= 4 is 81.3 Å². The number of hydrogen-bond acceptors (Lipinski definition) is 3. The van der Waals surface area contributed by atoms with Crippen molar-refractivity contribution in [2.24, 2.45) is 0 Å². The van der Waals surface area contributed by atoms with Crippen molar-refractivity contribution in [1.29, 1.82) is 0 Å². The van der Waals surface area contributed by atoms with Crippen LogP contribution in [-0.2, 0) is 5.41 Å². The molecule has 2 aromatic heterocycles. The van der Waals surface area contributed by atoms with Crippen molar-refractivity contribution < 1.29 is 4.42 Å². The number of rotatable bonds is 5. The summed E-state index contributed by atoms with van der Waals surface area (Å²) < 4.78 is 9.40. The molecule has 0 fully saturated rings. The Morgan fingerprint density at radius 3 is 1.83 bits per heavy atom. The molecule has 274 valence electrons. The number of fused-ring (bicyclic) bond motifs is 11. The van der Waals surface area contributed by atoms with Crippen LogP contribution in [0.25, 0.3) is 86.3 Å². The van der Waals surface area contributed by atoms with Crippen molar-refractivity contribution in [3.8, 4) is 33.4 Å². The molecule has 1 aliphatic carbocycles. The van der Waals surface area contributed by atoms with Gasteiger partial charge in [0.15, 0.2) is 0 Å². The maximum absolute atomic E-state index is 6.75. The van der Waals surface area contributed by atoms with E-state index in [-0.39, 0.29) is 5.41 Å². The highest BCUT2D eigenvalue weighted by Gasteiger charge is 2.37. The van der Waals surface area contributed by atoms with Crippen LogP contribution in [0.1, 0.15) is 25.0 Å². The molecule has 2 heterocycles. The first-order valence-electron chi connectivity index (χ1n) is 20.0. The molecule has 11 aromatic rings. The molecule has 0 radical (unpaired) electrons. The zero-order valence-corrected chi connectivity index (χ0v) is 33.0. The fourth-order valence-corrected chi connectivity index (χ4v) is 10.9. The van der Waals surface area contributed by atoms with Crippen LogP contribution < -0.4 is 4.90 Å². The summed E-state index contributed by atoms with van der Waals surface area (Å²) in [4.78, 5) is 2.44. The minimum Gasteiger partial charge on any atom is -0.455 e. The molecule has 9 aromatic carbocycles. The Morgan fingerprint density at radius 2 is 1.02 bits per heavy atom. The number of hydrogen-bond donors (Lipinski definition) is 0. The van der Waals surface area contributed by atoms with E-state index < -0.39 is 0 Å². The van der Waals surface area contributed by atoms with Crippen molar-refractivity contribution in [2.45, 2.75) is 19.3 Å². The summed E-state index contributed by atoms with van der Waals surface area (Å²) in [7, 11) is 0. The Morgan fingerprint density at radius 1 is 0.431 bits per heavy atom. The number of thiophene rings is 1. The van der Waals surface area contributed by atoms with E-state index >= 15 is 0 Å². The van der Waals surface area contributed by atoms with Gasteiger partial charge in [-0.25, -0.2) is 0 Å². The van der Waals surface area contributed by atoms with E-state index in [0.29, 0.717) is 0 Å². The summed E-state index contributed by atoms with van der Waals surface area (Å²) in [5, 5.41) is 7.24. The third kappa shape index (κ3) is 4.84. The molecular formula is C55H37NOS. The van der Waals surface area contributed by atoms with Gasteiger partial charge >= 0.3 is 0 Å². The molecule has 58 heavy (non-hydrogen) atoms. The molecule has 2 nitrogen and oxygen atoms in total. The molecule has 3 heteroatoms. The maximum atomic E-state index is 6.75. The second kappa shape index (κ2) is 12.5. The van der Waals surface area contributed by atoms with Gasteiger partial charge in [0, 0.05) is 64.2 Å². The summed E-state index contributed by atoms with van der Waals surface area (Å²) >= 11 is 1.88. The monoisotopic (exact) mass is 759 g/mol. The average Bonchev–Trinajstić information content (AvgIpc) is 3.93. The van der Waals surface area contributed by atoms with Gasteiger partial charge < -0.3 is 9.32 Å². The van der Waals surface area contributed by atoms with Crippen molar-refractivity contribution in [1.82, 2.24) is 0 Å². The Bertz CT molecular complexity index is 3420. The third-order valence-electron chi connectivity index (χ3n) is 12.5. The second-order valence-corrected chi connectivity index (χ2v) is 17.1. The average molecular weight is 760 g/mol. The number of benzene rings is 9. The molecule has 0 N–H and O–H groups in total. The maximum Gasteiger partial charge on any atom is 0.143 e. The van der Waals surface area contributed by atoms with Crippen LogP contribution in [0.2, 0.25) is 0 Å². The van der Waals surface area contributed by atoms with Crippen molar-refractivity contribution in [3.05, 3.63) is 199 Å². The zero-order valence-electron chi connectivity index (χ0n) is 32.2. The number of furan rings is 1. The lowest BCUT2D eigenvalue weighted by Gasteiger charge is -2.29. The SMILES string of the molecule is CC1(C)c2ccccc2-c2c(N(c3ccc(-c4cccc5c4oc4c6ccccc6ccc54)cc3)c3ccc(-c4cccc5c4sc4ccccc45)cc3)cccc21. The molecule has 0 saturated heterocycles. The first-order valence-corrected chi connectivity index (χ1v) is 20.8. The van der Waals surface area contributed by atoms with Gasteiger partial charge in [0.05, 0.1) is 5.69 Å². The smallest absolute Gasteiger partial charge is 0.143 e. The van der Waals surface area contributed by atoms with Crippen LogP contribution in [0.5, 0.6) is 0 Å². The first-order chi connectivity index (χ1) is 28.5. The van der Waals surface area contributed by atoms with Gasteiger partial charge in [-0.1, -0.05) is 159 Å². The molecule has 12 rings (SSSR count). The summed E-state index contributed by atoms with van der Waals surface area (Å²) in [5.74, 6) is 0. The standard InChI is InChI=1S/C55H37NOS/c1-55(2)47-20-7-5-15-46(47)51-48(55)21-11-22-49(51)56(38-31-26-36(27-32-38)41-17-10-19-45-42-14-6-8-23-50(42)58-54(41)45)37-29-24-35(25-30-37)40-16-9-18-43-44-33-28-34-12-3-4-13-39(34)53(44)57-52(40)43/h3-33H,1-2H3. The predicted octanol–water partition coefficient (Wildman–Crippen LogP) is 16.2. The Hall–Kier alpha value is -6.94. The summed E-state index contributed by atoms with van der Waals surface area (Å²) in [6.07, 6.45) is 0. The molecule has 0 saturated carbocycles. The predicted molar refractivity (Wildman–Crippen MR) is 247 cm³/mol. The molecule has 0 spiro atoms. The summed E-state index contributed by atoms with van der Waals surface area (Å²) in [5.41, 5.74) is 15.1. The van der Waals surface area contributed by atoms with Crippen LogP contribution in [0, 0.1) is 0 Å². The zero-order chi connectivity index (χ0) is 38.5. The van der Waals surface area contributed by atoms with E-state index in [1.807, 2.05) is 11.3 Å². The lowest BCUT2D eigenvalue weighted by atomic mass is 9.82. The largest absolute Gasteiger partial charge is 0.455 e. The highest BCUT2D eigenvalue weighted by Crippen LogP contribution is 2.54. The molecule has 0 bridgehead atoms. The molecule has 0 atom stereocenters. The van der Waals surface area contributed by atoms with E-state index in [2.05, 4.69) is 207 Å². The quantitative estimate of drug-likeness (QED) is 0.174. The third-order valence-corrected chi connectivity index (χ3v) is 13.7. The molecular weight excluding hydrogens is 723 g/mol. The topological polar surface area (TPSA) is 16.4 Å². The molecule has 0 unspecified atom stereocenters. The van der Waals surface area contributed by atoms with E-state index in [0.717, 1.165) is 49.8 Å². The Labute approximate surface area is 340 Å². The first kappa shape index (κ1) is 33.2. The summed E-state index contributed by atoms with van der Waals surface area (Å²) in [6, 6.07) is 68.8. The van der Waals surface area contributed by atoms with Crippen LogP contribution in [0.4, 0.5) is 17.1 Å². The van der Waals surface area contributed by atoms with Crippen molar-refractivity contribution in [3.63, 3.8) is 0 Å². The molecule has 0 amide bonds. The van der Waals surface area contributed by atoms with Crippen LogP contribution >= 0.6 is 11.3 Å². The highest BCUT2D eigenvalue weighted by atomic mass is 32.1. The molecule has 0 aliphatic heterocycles. The normalized spacial score (nSPS) is 13.1. The van der Waals surface area contributed by atoms with Crippen LogP contribution in [0.15, 0.2) is 192 Å². The van der Waals surface area contributed by atoms with Gasteiger partial charge in [0.1, 0.15) is 11.2 Å². The van der Waals surface area contributed by atoms with Gasteiger partial charge in [-0.05, 0) is 81.2 Å². The van der Waals surface area contributed by atoms with Crippen molar-refractivity contribution in [2.75, 3.05) is 4.90 Å². The molecule has 1 aliphatic rings. The van der Waals surface area contributed by atoms with Gasteiger partial charge in [-0.15, -0.1) is 11.3 Å². The van der Waals surface area contributed by atoms with Gasteiger partial charge in [0.2, 0.25) is 0 Å². The van der Waals surface area contributed by atoms with E-state index in [4.69, 9.17) is 4.42 Å². The van der Waals surface area contributed by atoms with E-state index in [1.54, 1.807) is 0 Å². The number of para-hydroxylation sites is 1. The van der Waals surface area contributed by atoms with E-state index in [1.165, 1.54) is 64.6 Å². The lowest BCUT2D eigenvalue weighted by Crippen LogP contribution is -2.16. The van der Waals surface area contributed by atoms with Gasteiger partial charge in [0.25, 0.3) is 0 Å². The van der Waals surface area contributed by atoms with Gasteiger partial charge in [-0.3, -0.25) is 0 Å². The number of nitrogens with zero attached hydrogens (tertiary/aromatic N) is 1. The fraction of sp³-hybridized carbons (Fsp3) is 0.0545. The number of anilines is 3. The van der Waals surface area contributed by atoms with Gasteiger partial charge in [-0.2, -0.15) is 0 Å². The Balaban J connectivity index is 1.01. The minimum absolute atomic E-state index is 0.110. The van der Waals surface area contributed by atoms with Crippen LogP contribution in [-0.4, -0.2) is 0 Å². The fourth-order valence-electron chi connectivity index (χ4n) is 9.66. The summed E-state index contributed by atoms with van der Waals surface area (Å²) in [6.45, 7) is 4.71. The van der Waals surface area contributed by atoms with Crippen LogP contribution in [0.3, 0.4) is 0 Å². The highest BCUT2D eigenvalue weighted by molar-refractivity contribution is 7.26.